The molecule has 1 fully saturated rings. The van der Waals surface area contributed by atoms with Gasteiger partial charge in [0, 0.05) is 19.1 Å². The van der Waals surface area contributed by atoms with Gasteiger partial charge in [0.05, 0.1) is 16.7 Å². The third kappa shape index (κ3) is 3.43. The lowest BCUT2D eigenvalue weighted by Gasteiger charge is -2.30. The summed E-state index contributed by atoms with van der Waals surface area (Å²) in [4.78, 5) is 0.0299. The molecule has 1 heterocycles. The molecule has 8 heteroatoms. The minimum Gasteiger partial charge on any atom is -0.327 e. The van der Waals surface area contributed by atoms with E-state index in [9.17, 15) is 8.42 Å². The SMILES string of the molecule is Cl.N#Cc1ccc(S(=O)(=O)N2CCCC(N)C2)c(Cl)c1. The molecule has 0 spiro atoms. The van der Waals surface area contributed by atoms with Gasteiger partial charge in [0.25, 0.3) is 0 Å². The first-order valence-corrected chi connectivity index (χ1v) is 7.72. The van der Waals surface area contributed by atoms with E-state index < -0.39 is 10.0 Å². The van der Waals surface area contributed by atoms with Crippen LogP contribution in [0.3, 0.4) is 0 Å². The van der Waals surface area contributed by atoms with Gasteiger partial charge in [0.1, 0.15) is 4.90 Å². The van der Waals surface area contributed by atoms with Gasteiger partial charge < -0.3 is 5.73 Å². The first kappa shape index (κ1) is 17.2. The van der Waals surface area contributed by atoms with Gasteiger partial charge in [-0.15, -0.1) is 12.4 Å². The van der Waals surface area contributed by atoms with Crippen LogP contribution in [-0.4, -0.2) is 31.9 Å². The van der Waals surface area contributed by atoms with Crippen LogP contribution in [0.25, 0.3) is 0 Å². The highest BCUT2D eigenvalue weighted by Gasteiger charge is 2.30. The van der Waals surface area contributed by atoms with Crippen LogP contribution in [-0.2, 0) is 10.0 Å². The van der Waals surface area contributed by atoms with Crippen LogP contribution in [0.1, 0.15) is 18.4 Å². The van der Waals surface area contributed by atoms with Crippen LogP contribution < -0.4 is 5.73 Å². The number of sulfonamides is 1. The highest BCUT2D eigenvalue weighted by molar-refractivity contribution is 7.89. The molecule has 20 heavy (non-hydrogen) atoms. The third-order valence-electron chi connectivity index (χ3n) is 3.10. The second-order valence-electron chi connectivity index (χ2n) is 4.52. The van der Waals surface area contributed by atoms with Crippen LogP contribution in [0.2, 0.25) is 5.02 Å². The smallest absolute Gasteiger partial charge is 0.244 e. The van der Waals surface area contributed by atoms with E-state index in [0.717, 1.165) is 12.8 Å². The topological polar surface area (TPSA) is 87.2 Å². The molecule has 0 aromatic heterocycles. The van der Waals surface area contributed by atoms with Gasteiger partial charge in [0.15, 0.2) is 0 Å². The highest BCUT2D eigenvalue weighted by atomic mass is 35.5. The third-order valence-corrected chi connectivity index (χ3v) is 5.45. The van der Waals surface area contributed by atoms with Gasteiger partial charge in [0.2, 0.25) is 10.0 Å². The number of benzene rings is 1. The summed E-state index contributed by atoms with van der Waals surface area (Å²) >= 11 is 5.96. The molecule has 1 saturated heterocycles. The maximum atomic E-state index is 12.5. The maximum absolute atomic E-state index is 12.5. The molecule has 5 nitrogen and oxygen atoms in total. The molecule has 1 aliphatic heterocycles. The molecule has 1 unspecified atom stereocenters. The zero-order valence-corrected chi connectivity index (χ0v) is 13.0. The molecule has 1 atom stereocenters. The Morgan fingerprint density at radius 3 is 2.70 bits per heavy atom. The zero-order chi connectivity index (χ0) is 14.0. The summed E-state index contributed by atoms with van der Waals surface area (Å²) in [6, 6.07) is 5.96. The Morgan fingerprint density at radius 2 is 2.15 bits per heavy atom. The zero-order valence-electron chi connectivity index (χ0n) is 10.6. The van der Waals surface area contributed by atoms with Gasteiger partial charge >= 0.3 is 0 Å². The predicted octanol–water partition coefficient (Wildman–Crippen LogP) is 1.75. The fraction of sp³-hybridized carbons (Fsp3) is 0.417. The monoisotopic (exact) mass is 335 g/mol. The first-order chi connectivity index (χ1) is 8.95. The number of hydrogen-bond acceptors (Lipinski definition) is 4. The van der Waals surface area contributed by atoms with Gasteiger partial charge in [-0.3, -0.25) is 0 Å². The fourth-order valence-electron chi connectivity index (χ4n) is 2.11. The van der Waals surface area contributed by atoms with Crippen molar-refractivity contribution in [3.63, 3.8) is 0 Å². The molecule has 2 rings (SSSR count). The van der Waals surface area contributed by atoms with Crippen LogP contribution in [0.5, 0.6) is 0 Å². The summed E-state index contributed by atoms with van der Waals surface area (Å²) in [6.07, 6.45) is 1.57. The van der Waals surface area contributed by atoms with Crippen LogP contribution >= 0.6 is 24.0 Å². The van der Waals surface area contributed by atoms with Crippen molar-refractivity contribution in [2.24, 2.45) is 5.73 Å². The van der Waals surface area contributed by atoms with Crippen molar-refractivity contribution < 1.29 is 8.42 Å². The molecule has 0 saturated carbocycles. The van der Waals surface area contributed by atoms with Crippen molar-refractivity contribution in [3.8, 4) is 6.07 Å². The average Bonchev–Trinajstić information content (AvgIpc) is 2.38. The summed E-state index contributed by atoms with van der Waals surface area (Å²) in [7, 11) is -3.64. The average molecular weight is 336 g/mol. The van der Waals surface area contributed by atoms with Crippen molar-refractivity contribution in [1.82, 2.24) is 4.31 Å². The Balaban J connectivity index is 0.00000200. The molecular formula is C12H15Cl2N3O2S. The predicted molar refractivity (Wildman–Crippen MR) is 79.4 cm³/mol. The van der Waals surface area contributed by atoms with Gasteiger partial charge in [-0.25, -0.2) is 8.42 Å². The lowest BCUT2D eigenvalue weighted by molar-refractivity contribution is 0.316. The van der Waals surface area contributed by atoms with Gasteiger partial charge in [-0.2, -0.15) is 9.57 Å². The van der Waals surface area contributed by atoms with Crippen LogP contribution in [0.15, 0.2) is 23.1 Å². The largest absolute Gasteiger partial charge is 0.327 e. The van der Waals surface area contributed by atoms with Gasteiger partial charge in [-0.05, 0) is 31.0 Å². The molecule has 110 valence electrons. The molecule has 0 aliphatic carbocycles. The summed E-state index contributed by atoms with van der Waals surface area (Å²) < 4.78 is 26.3. The van der Waals surface area contributed by atoms with Crippen LogP contribution in [0, 0.1) is 11.3 Å². The molecular weight excluding hydrogens is 321 g/mol. The van der Waals surface area contributed by atoms with E-state index in [1.54, 1.807) is 0 Å². The highest BCUT2D eigenvalue weighted by Crippen LogP contribution is 2.27. The molecule has 0 amide bonds. The number of nitrogens with zero attached hydrogens (tertiary/aromatic N) is 2. The second kappa shape index (κ2) is 6.74. The fourth-order valence-corrected chi connectivity index (χ4v) is 4.16. The number of halogens is 2. The summed E-state index contributed by atoms with van der Waals surface area (Å²) in [6.45, 7) is 0.755. The Bertz CT molecular complexity index is 628. The Kier molecular flexibility index (Phi) is 5.80. The van der Waals surface area contributed by atoms with Crippen molar-refractivity contribution in [2.75, 3.05) is 13.1 Å². The van der Waals surface area contributed by atoms with Crippen molar-refractivity contribution in [1.29, 1.82) is 5.26 Å². The van der Waals surface area contributed by atoms with E-state index in [2.05, 4.69) is 0 Å². The lowest BCUT2D eigenvalue weighted by Crippen LogP contribution is -2.45. The minimum absolute atomic E-state index is 0. The van der Waals surface area contributed by atoms with E-state index in [1.165, 1.54) is 22.5 Å². The first-order valence-electron chi connectivity index (χ1n) is 5.90. The van der Waals surface area contributed by atoms with E-state index in [-0.39, 0.29) is 28.4 Å². The minimum atomic E-state index is -3.64. The summed E-state index contributed by atoms with van der Waals surface area (Å²) in [5.74, 6) is 0. The number of rotatable bonds is 2. The maximum Gasteiger partial charge on any atom is 0.244 e. The Morgan fingerprint density at radius 1 is 1.45 bits per heavy atom. The number of piperidine rings is 1. The quantitative estimate of drug-likeness (QED) is 0.891. The molecule has 0 radical (unpaired) electrons. The van der Waals surface area contributed by atoms with E-state index in [1.807, 2.05) is 6.07 Å². The molecule has 0 bridgehead atoms. The molecule has 2 N–H and O–H groups in total. The van der Waals surface area contributed by atoms with Gasteiger partial charge in [-0.1, -0.05) is 11.6 Å². The number of nitrogens with two attached hydrogens (primary N) is 1. The Labute approximate surface area is 129 Å². The standard InChI is InChI=1S/C12H14ClN3O2S.ClH/c13-11-6-9(7-14)3-4-12(11)19(17,18)16-5-1-2-10(15)8-16;/h3-4,6,10H,1-2,5,8,15H2;1H. The Hall–Kier alpha value is -0.840. The second-order valence-corrected chi connectivity index (χ2v) is 6.84. The van der Waals surface area contributed by atoms with E-state index >= 15 is 0 Å². The summed E-state index contributed by atoms with van der Waals surface area (Å²) in [5, 5.41) is 8.82. The number of nitriles is 1. The normalized spacial score (nSPS) is 19.9. The van der Waals surface area contributed by atoms with Crippen LogP contribution in [0.4, 0.5) is 0 Å². The number of hydrogen-bond donors (Lipinski definition) is 1. The molecule has 1 aliphatic rings. The van der Waals surface area contributed by atoms with Crippen molar-refractivity contribution >= 4 is 34.0 Å². The summed E-state index contributed by atoms with van der Waals surface area (Å²) in [5.41, 5.74) is 6.13. The van der Waals surface area contributed by atoms with Crippen molar-refractivity contribution in [2.45, 2.75) is 23.8 Å². The van der Waals surface area contributed by atoms with Crippen molar-refractivity contribution in [3.05, 3.63) is 28.8 Å². The van der Waals surface area contributed by atoms with E-state index in [0.29, 0.717) is 18.7 Å². The van der Waals surface area contributed by atoms with E-state index in [4.69, 9.17) is 22.6 Å². The molecule has 1 aromatic carbocycles. The lowest BCUT2D eigenvalue weighted by atomic mass is 10.1. The molecule has 1 aromatic rings.